The number of nitrogen functional groups attached to an aromatic ring is 1. The summed E-state index contributed by atoms with van der Waals surface area (Å²) in [4.78, 5) is 11.7. The molecule has 1 amide bonds. The Hall–Kier alpha value is -0.970. The number of aliphatic hydroxyl groups is 1. The lowest BCUT2D eigenvalue weighted by molar-refractivity contribution is 0.0922. The number of amides is 1. The van der Waals surface area contributed by atoms with E-state index in [1.807, 2.05) is 0 Å². The molecule has 0 aliphatic carbocycles. The summed E-state index contributed by atoms with van der Waals surface area (Å²) in [5.41, 5.74) is 6.14. The molecule has 1 atom stereocenters. The van der Waals surface area contributed by atoms with Crippen LogP contribution in [0.3, 0.4) is 0 Å². The molecule has 0 aromatic heterocycles. The average Bonchev–Trinajstić information content (AvgIpc) is 2.24. The SMILES string of the molecule is C[C@H](CO)NC(=O)c1cc(N)c(Cl)c(Cl)c1. The average molecular weight is 263 g/mol. The molecule has 0 aliphatic rings. The lowest BCUT2D eigenvalue weighted by Gasteiger charge is -2.11. The van der Waals surface area contributed by atoms with E-state index in [0.29, 0.717) is 5.56 Å². The number of carbonyl (C=O) groups is 1. The van der Waals surface area contributed by atoms with Crippen LogP contribution in [0.1, 0.15) is 17.3 Å². The lowest BCUT2D eigenvalue weighted by Crippen LogP contribution is -2.35. The molecule has 0 heterocycles. The number of rotatable bonds is 3. The summed E-state index contributed by atoms with van der Waals surface area (Å²) in [6.45, 7) is 1.54. The van der Waals surface area contributed by atoms with Crippen molar-refractivity contribution in [3.63, 3.8) is 0 Å². The summed E-state index contributed by atoms with van der Waals surface area (Å²) < 4.78 is 0. The molecule has 88 valence electrons. The van der Waals surface area contributed by atoms with Crippen molar-refractivity contribution >= 4 is 34.8 Å². The first kappa shape index (κ1) is 13.1. The highest BCUT2D eigenvalue weighted by Crippen LogP contribution is 2.29. The van der Waals surface area contributed by atoms with E-state index in [-0.39, 0.29) is 34.3 Å². The molecule has 1 aromatic rings. The number of aliphatic hydroxyl groups excluding tert-OH is 1. The molecule has 0 spiro atoms. The van der Waals surface area contributed by atoms with E-state index in [1.165, 1.54) is 12.1 Å². The Morgan fingerprint density at radius 3 is 2.69 bits per heavy atom. The summed E-state index contributed by atoms with van der Waals surface area (Å²) in [6, 6.07) is 2.54. The number of anilines is 1. The van der Waals surface area contributed by atoms with E-state index >= 15 is 0 Å². The quantitative estimate of drug-likeness (QED) is 0.726. The van der Waals surface area contributed by atoms with Crippen molar-refractivity contribution in [3.05, 3.63) is 27.7 Å². The van der Waals surface area contributed by atoms with Gasteiger partial charge in [-0.1, -0.05) is 23.2 Å². The summed E-state index contributed by atoms with van der Waals surface area (Å²) in [5, 5.41) is 11.8. The maximum Gasteiger partial charge on any atom is 0.251 e. The molecule has 0 radical (unpaired) electrons. The van der Waals surface area contributed by atoms with E-state index in [1.54, 1.807) is 6.92 Å². The first-order chi connectivity index (χ1) is 7.45. The van der Waals surface area contributed by atoms with Gasteiger partial charge in [0.15, 0.2) is 0 Å². The van der Waals surface area contributed by atoms with Crippen LogP contribution >= 0.6 is 23.2 Å². The fourth-order valence-electron chi connectivity index (χ4n) is 1.09. The van der Waals surface area contributed by atoms with Crippen LogP contribution < -0.4 is 11.1 Å². The summed E-state index contributed by atoms with van der Waals surface area (Å²) >= 11 is 11.6. The van der Waals surface area contributed by atoms with Crippen LogP contribution in [0, 0.1) is 0 Å². The van der Waals surface area contributed by atoms with Gasteiger partial charge in [-0.3, -0.25) is 4.79 Å². The smallest absolute Gasteiger partial charge is 0.251 e. The van der Waals surface area contributed by atoms with Gasteiger partial charge >= 0.3 is 0 Å². The minimum absolute atomic E-state index is 0.136. The van der Waals surface area contributed by atoms with Gasteiger partial charge in [0.1, 0.15) is 0 Å². The third-order valence-electron chi connectivity index (χ3n) is 1.97. The second-order valence-electron chi connectivity index (χ2n) is 3.42. The predicted molar refractivity (Wildman–Crippen MR) is 64.9 cm³/mol. The van der Waals surface area contributed by atoms with Gasteiger partial charge < -0.3 is 16.2 Å². The molecule has 0 saturated carbocycles. The number of carbonyl (C=O) groups excluding carboxylic acids is 1. The van der Waals surface area contributed by atoms with E-state index in [0.717, 1.165) is 0 Å². The minimum Gasteiger partial charge on any atom is -0.397 e. The van der Waals surface area contributed by atoms with E-state index in [4.69, 9.17) is 34.0 Å². The van der Waals surface area contributed by atoms with E-state index < -0.39 is 0 Å². The Kier molecular flexibility index (Phi) is 4.41. The van der Waals surface area contributed by atoms with Crippen molar-refractivity contribution in [1.82, 2.24) is 5.32 Å². The third kappa shape index (κ3) is 3.01. The van der Waals surface area contributed by atoms with Crippen molar-refractivity contribution < 1.29 is 9.90 Å². The van der Waals surface area contributed by atoms with Crippen molar-refractivity contribution in [2.24, 2.45) is 0 Å². The molecule has 0 bridgehead atoms. The fraction of sp³-hybridized carbons (Fsp3) is 0.300. The van der Waals surface area contributed by atoms with Gasteiger partial charge in [0.25, 0.3) is 5.91 Å². The highest BCUT2D eigenvalue weighted by molar-refractivity contribution is 6.43. The molecule has 0 aliphatic heterocycles. The van der Waals surface area contributed by atoms with Crippen LogP contribution in [0.2, 0.25) is 10.0 Å². The normalized spacial score (nSPS) is 12.2. The number of benzene rings is 1. The molecule has 4 nitrogen and oxygen atoms in total. The summed E-state index contributed by atoms with van der Waals surface area (Å²) in [7, 11) is 0. The second-order valence-corrected chi connectivity index (χ2v) is 4.20. The zero-order valence-electron chi connectivity index (χ0n) is 8.63. The maximum atomic E-state index is 11.7. The molecule has 1 rings (SSSR count). The standard InChI is InChI=1S/C10H12Cl2N2O2/c1-5(4-15)14-10(16)6-2-7(11)9(12)8(13)3-6/h2-3,5,15H,4,13H2,1H3,(H,14,16)/t5-/m1/s1. The van der Waals surface area contributed by atoms with E-state index in [9.17, 15) is 4.79 Å². The van der Waals surface area contributed by atoms with Gasteiger partial charge in [0.2, 0.25) is 0 Å². The number of hydrogen-bond donors (Lipinski definition) is 3. The Morgan fingerprint density at radius 2 is 2.19 bits per heavy atom. The van der Waals surface area contributed by atoms with Gasteiger partial charge in [0, 0.05) is 11.6 Å². The molecular formula is C10H12Cl2N2O2. The second kappa shape index (κ2) is 5.39. The number of hydrogen-bond acceptors (Lipinski definition) is 3. The highest BCUT2D eigenvalue weighted by atomic mass is 35.5. The Balaban J connectivity index is 2.93. The molecule has 1 aromatic carbocycles. The van der Waals surface area contributed by atoms with Gasteiger partial charge in [-0.2, -0.15) is 0 Å². The highest BCUT2D eigenvalue weighted by Gasteiger charge is 2.12. The molecule has 4 N–H and O–H groups in total. The molecule has 0 fully saturated rings. The van der Waals surface area contributed by atoms with Crippen LogP contribution in [-0.4, -0.2) is 23.7 Å². The fourth-order valence-corrected chi connectivity index (χ4v) is 1.43. The zero-order valence-corrected chi connectivity index (χ0v) is 10.1. The van der Waals surface area contributed by atoms with Crippen molar-refractivity contribution in [1.29, 1.82) is 0 Å². The van der Waals surface area contributed by atoms with Crippen LogP contribution in [0.5, 0.6) is 0 Å². The van der Waals surface area contributed by atoms with Crippen molar-refractivity contribution in [3.8, 4) is 0 Å². The predicted octanol–water partition coefficient (Wildman–Crippen LogP) is 1.69. The molecule has 16 heavy (non-hydrogen) atoms. The molecule has 0 unspecified atom stereocenters. The lowest BCUT2D eigenvalue weighted by atomic mass is 10.2. The Labute approximate surface area is 103 Å². The molecule has 6 heteroatoms. The first-order valence-corrected chi connectivity index (χ1v) is 5.37. The van der Waals surface area contributed by atoms with Crippen LogP contribution in [0.25, 0.3) is 0 Å². The largest absolute Gasteiger partial charge is 0.397 e. The molecular weight excluding hydrogens is 251 g/mol. The van der Waals surface area contributed by atoms with Crippen LogP contribution in [-0.2, 0) is 0 Å². The third-order valence-corrected chi connectivity index (χ3v) is 2.79. The number of nitrogens with two attached hydrogens (primary N) is 1. The minimum atomic E-state index is -0.355. The van der Waals surface area contributed by atoms with Gasteiger partial charge in [-0.25, -0.2) is 0 Å². The van der Waals surface area contributed by atoms with Crippen LogP contribution in [0.4, 0.5) is 5.69 Å². The van der Waals surface area contributed by atoms with Crippen molar-refractivity contribution in [2.75, 3.05) is 12.3 Å². The number of halogens is 2. The Bertz CT molecular complexity index is 387. The van der Waals surface area contributed by atoms with E-state index in [2.05, 4.69) is 5.32 Å². The monoisotopic (exact) mass is 262 g/mol. The van der Waals surface area contributed by atoms with Crippen molar-refractivity contribution in [2.45, 2.75) is 13.0 Å². The van der Waals surface area contributed by atoms with Gasteiger partial charge in [-0.15, -0.1) is 0 Å². The summed E-state index contributed by atoms with van der Waals surface area (Å²) in [6.07, 6.45) is 0. The Morgan fingerprint density at radius 1 is 1.56 bits per heavy atom. The summed E-state index contributed by atoms with van der Waals surface area (Å²) in [5.74, 6) is -0.355. The van der Waals surface area contributed by atoms with Gasteiger partial charge in [-0.05, 0) is 19.1 Å². The topological polar surface area (TPSA) is 75.3 Å². The van der Waals surface area contributed by atoms with Gasteiger partial charge in [0.05, 0.1) is 22.3 Å². The first-order valence-electron chi connectivity index (χ1n) is 4.62. The maximum absolute atomic E-state index is 11.7. The number of nitrogens with one attached hydrogen (secondary N) is 1. The zero-order chi connectivity index (χ0) is 12.3. The van der Waals surface area contributed by atoms with Crippen LogP contribution in [0.15, 0.2) is 12.1 Å². The molecule has 0 saturated heterocycles.